The average molecular weight is 356 g/mol. The van der Waals surface area contributed by atoms with Gasteiger partial charge < -0.3 is 14.6 Å². The van der Waals surface area contributed by atoms with Crippen LogP contribution >= 0.6 is 0 Å². The van der Waals surface area contributed by atoms with Gasteiger partial charge in [-0.2, -0.15) is 0 Å². The van der Waals surface area contributed by atoms with Crippen molar-refractivity contribution in [2.24, 2.45) is 0 Å². The van der Waals surface area contributed by atoms with Crippen LogP contribution in [0.3, 0.4) is 0 Å². The second kappa shape index (κ2) is 15.4. The molecule has 0 fully saturated rings. The third kappa shape index (κ3) is 15.1. The van der Waals surface area contributed by atoms with Crippen molar-refractivity contribution in [1.29, 1.82) is 0 Å². The van der Waals surface area contributed by atoms with Crippen molar-refractivity contribution >= 4 is 23.9 Å². The highest BCUT2D eigenvalue weighted by Gasteiger charge is 2.11. The molecule has 0 aromatic carbocycles. The van der Waals surface area contributed by atoms with E-state index in [0.717, 1.165) is 31.4 Å². The number of rotatable bonds is 11. The Balaban J connectivity index is 0.000000676. The van der Waals surface area contributed by atoms with Crippen LogP contribution in [0.15, 0.2) is 12.2 Å². The van der Waals surface area contributed by atoms with Crippen LogP contribution < -0.4 is 0 Å². The first-order valence-electron chi connectivity index (χ1n) is 8.81. The molecule has 1 heterocycles. The molecule has 25 heavy (non-hydrogen) atoms. The molecule has 0 radical (unpaired) electrons. The Hall–Kier alpha value is -2.18. The second-order valence-corrected chi connectivity index (χ2v) is 5.70. The Labute approximate surface area is 148 Å². The zero-order chi connectivity index (χ0) is 18.9. The van der Waals surface area contributed by atoms with E-state index in [1.165, 1.54) is 44.9 Å². The first-order valence-corrected chi connectivity index (χ1v) is 8.81. The number of carbonyl (C=O) groups excluding carboxylic acids is 3. The highest BCUT2D eigenvalue weighted by atomic mass is 16.6. The molecule has 1 rings (SSSR count). The van der Waals surface area contributed by atoms with Gasteiger partial charge >= 0.3 is 23.9 Å². The number of esters is 3. The Morgan fingerprint density at radius 3 is 1.68 bits per heavy atom. The number of cyclic esters (lactones) is 2. The minimum atomic E-state index is -1.51. The highest BCUT2D eigenvalue weighted by molar-refractivity contribution is 6.28. The molecule has 1 aliphatic heterocycles. The fraction of sp³-hybridized carbons (Fsp3) is 0.667. The van der Waals surface area contributed by atoms with E-state index in [9.17, 15) is 19.2 Å². The third-order valence-electron chi connectivity index (χ3n) is 3.46. The number of aliphatic carboxylic acids is 1. The topological polar surface area (TPSA) is 107 Å². The summed E-state index contributed by atoms with van der Waals surface area (Å²) in [6, 6.07) is 0. The molecule has 0 atom stereocenters. The van der Waals surface area contributed by atoms with Crippen LogP contribution in [-0.2, 0) is 28.7 Å². The Morgan fingerprint density at radius 1 is 0.880 bits per heavy atom. The van der Waals surface area contributed by atoms with Crippen molar-refractivity contribution in [2.45, 2.75) is 71.1 Å². The van der Waals surface area contributed by atoms with Gasteiger partial charge in [0.15, 0.2) is 0 Å². The van der Waals surface area contributed by atoms with Crippen molar-refractivity contribution in [1.82, 2.24) is 0 Å². The first kappa shape index (κ1) is 22.8. The lowest BCUT2D eigenvalue weighted by molar-refractivity contribution is -0.163. The lowest BCUT2D eigenvalue weighted by atomic mass is 10.1. The fourth-order valence-corrected chi connectivity index (χ4v) is 2.12. The summed E-state index contributed by atoms with van der Waals surface area (Å²) in [5.74, 6) is -3.82. The molecule has 1 aliphatic rings. The van der Waals surface area contributed by atoms with Crippen LogP contribution in [-0.4, -0.2) is 35.6 Å². The van der Waals surface area contributed by atoms with Crippen molar-refractivity contribution < 1.29 is 33.8 Å². The minimum absolute atomic E-state index is 0.224. The molecule has 0 saturated carbocycles. The molecule has 0 aromatic heterocycles. The summed E-state index contributed by atoms with van der Waals surface area (Å²) in [4.78, 5) is 40.6. The van der Waals surface area contributed by atoms with E-state index in [-0.39, 0.29) is 6.61 Å². The zero-order valence-corrected chi connectivity index (χ0v) is 14.8. The van der Waals surface area contributed by atoms with Gasteiger partial charge in [0.25, 0.3) is 0 Å². The molecule has 0 aliphatic carbocycles. The predicted molar refractivity (Wildman–Crippen MR) is 90.7 cm³/mol. The van der Waals surface area contributed by atoms with E-state index < -0.39 is 23.9 Å². The van der Waals surface area contributed by atoms with Gasteiger partial charge in [0.05, 0.1) is 6.61 Å². The average Bonchev–Trinajstić information content (AvgIpc) is 2.96. The van der Waals surface area contributed by atoms with Crippen molar-refractivity contribution in [2.75, 3.05) is 6.61 Å². The number of carboxylic acids is 1. The molecule has 0 amide bonds. The van der Waals surface area contributed by atoms with Gasteiger partial charge in [-0.05, 0) is 6.42 Å². The van der Waals surface area contributed by atoms with Gasteiger partial charge in [0.2, 0.25) is 0 Å². The van der Waals surface area contributed by atoms with Gasteiger partial charge in [0, 0.05) is 12.2 Å². The predicted octanol–water partition coefficient (Wildman–Crippen LogP) is 3.16. The smallest absolute Gasteiger partial charge is 0.417 e. The summed E-state index contributed by atoms with van der Waals surface area (Å²) >= 11 is 0. The zero-order valence-electron chi connectivity index (χ0n) is 14.8. The molecule has 1 N–H and O–H groups in total. The molecule has 0 saturated heterocycles. The summed E-state index contributed by atoms with van der Waals surface area (Å²) in [6.45, 7) is 2.44. The molecule has 0 bridgehead atoms. The summed E-state index contributed by atoms with van der Waals surface area (Å²) < 4.78 is 8.51. The molecule has 0 spiro atoms. The quantitative estimate of drug-likeness (QED) is 0.262. The summed E-state index contributed by atoms with van der Waals surface area (Å²) in [5.41, 5.74) is 0. The molecule has 142 valence electrons. The van der Waals surface area contributed by atoms with Crippen LogP contribution in [0.1, 0.15) is 71.1 Å². The van der Waals surface area contributed by atoms with Gasteiger partial charge in [-0.15, -0.1) is 0 Å². The summed E-state index contributed by atoms with van der Waals surface area (Å²) in [6.07, 6.45) is 14.2. The van der Waals surface area contributed by atoms with Crippen LogP contribution in [0.5, 0.6) is 0 Å². The second-order valence-electron chi connectivity index (χ2n) is 5.70. The van der Waals surface area contributed by atoms with Gasteiger partial charge in [-0.1, -0.05) is 64.7 Å². The van der Waals surface area contributed by atoms with Gasteiger partial charge in [-0.25, -0.2) is 19.2 Å². The minimum Gasteiger partial charge on any atom is -0.473 e. The number of hydrogen-bond acceptors (Lipinski definition) is 6. The lowest BCUT2D eigenvalue weighted by Gasteiger charge is -2.03. The number of carbonyl (C=O) groups is 4. The highest BCUT2D eigenvalue weighted by Crippen LogP contribution is 2.10. The van der Waals surface area contributed by atoms with Crippen molar-refractivity contribution in [3.8, 4) is 0 Å². The molecule has 0 unspecified atom stereocenters. The lowest BCUT2D eigenvalue weighted by Crippen LogP contribution is -2.16. The standard InChI is InChI=1S/C14H26O4.C4H2O3/c1-2-3-4-5-6-7-8-9-10-11-12-18-14(17)13(15)16;5-3-1-2-4(6)7-3/h2-12H2,1H3,(H,15,16);1-2H. The summed E-state index contributed by atoms with van der Waals surface area (Å²) in [7, 11) is 0. The molecule has 0 aromatic rings. The molecular weight excluding hydrogens is 328 g/mol. The Bertz CT molecular complexity index is 438. The maximum absolute atomic E-state index is 10.6. The van der Waals surface area contributed by atoms with Gasteiger partial charge in [0.1, 0.15) is 0 Å². The number of unbranched alkanes of at least 4 members (excludes halogenated alkanes) is 9. The maximum atomic E-state index is 10.6. The van der Waals surface area contributed by atoms with Gasteiger partial charge in [-0.3, -0.25) is 0 Å². The number of hydrogen-bond donors (Lipinski definition) is 1. The SMILES string of the molecule is CCCCCCCCCCCCOC(=O)C(=O)O.O=C1C=CC(=O)O1. The third-order valence-corrected chi connectivity index (χ3v) is 3.46. The van der Waals surface area contributed by atoms with E-state index in [1.807, 2.05) is 0 Å². The van der Waals surface area contributed by atoms with Crippen LogP contribution in [0.2, 0.25) is 0 Å². The van der Waals surface area contributed by atoms with E-state index in [0.29, 0.717) is 0 Å². The molecule has 7 nitrogen and oxygen atoms in total. The largest absolute Gasteiger partial charge is 0.473 e. The Kier molecular flexibility index (Phi) is 14.0. The van der Waals surface area contributed by atoms with E-state index in [4.69, 9.17) is 5.11 Å². The van der Waals surface area contributed by atoms with Crippen molar-refractivity contribution in [3.63, 3.8) is 0 Å². The Morgan fingerprint density at radius 2 is 1.32 bits per heavy atom. The van der Waals surface area contributed by atoms with E-state index in [2.05, 4.69) is 16.4 Å². The number of carboxylic acid groups (broad SMARTS) is 1. The summed E-state index contributed by atoms with van der Waals surface area (Å²) in [5, 5.41) is 8.27. The van der Waals surface area contributed by atoms with Crippen molar-refractivity contribution in [3.05, 3.63) is 12.2 Å². The maximum Gasteiger partial charge on any atom is 0.417 e. The molecular formula is C18H28O7. The fourth-order valence-electron chi connectivity index (χ4n) is 2.12. The van der Waals surface area contributed by atoms with Crippen LogP contribution in [0.4, 0.5) is 0 Å². The molecule has 7 heteroatoms. The normalized spacial score (nSPS) is 12.4. The first-order chi connectivity index (χ1) is 12.0. The monoisotopic (exact) mass is 356 g/mol. The van der Waals surface area contributed by atoms with Crippen LogP contribution in [0, 0.1) is 0 Å². The van der Waals surface area contributed by atoms with E-state index >= 15 is 0 Å². The van der Waals surface area contributed by atoms with E-state index in [1.54, 1.807) is 0 Å². The van der Waals surface area contributed by atoms with Crippen LogP contribution in [0.25, 0.3) is 0 Å². The number of ether oxygens (including phenoxy) is 2.